The van der Waals surface area contributed by atoms with E-state index in [0.29, 0.717) is 12.6 Å². The lowest BCUT2D eigenvalue weighted by molar-refractivity contribution is -0.0300. The third kappa shape index (κ3) is 3.42. The molecule has 1 saturated heterocycles. The minimum absolute atomic E-state index is 0.392. The first-order chi connectivity index (χ1) is 7.54. The molecule has 96 valence electrons. The molecular formula is C12H27N3O. The number of hydrogen-bond acceptors (Lipinski definition) is 4. The molecule has 16 heavy (non-hydrogen) atoms. The summed E-state index contributed by atoms with van der Waals surface area (Å²) in [5, 5.41) is 10.4. The lowest BCUT2D eigenvalue weighted by Gasteiger charge is -2.43. The molecule has 0 aromatic rings. The van der Waals surface area contributed by atoms with Crippen molar-refractivity contribution in [2.75, 3.05) is 39.8 Å². The fourth-order valence-corrected chi connectivity index (χ4v) is 2.33. The topological polar surface area (TPSA) is 52.7 Å². The summed E-state index contributed by atoms with van der Waals surface area (Å²) in [6.45, 7) is 8.64. The van der Waals surface area contributed by atoms with E-state index >= 15 is 0 Å². The Bertz CT molecular complexity index is 206. The van der Waals surface area contributed by atoms with Gasteiger partial charge in [0.15, 0.2) is 0 Å². The molecule has 0 bridgehead atoms. The Balaban J connectivity index is 2.57. The van der Waals surface area contributed by atoms with Crippen molar-refractivity contribution >= 4 is 0 Å². The second-order valence-electron chi connectivity index (χ2n) is 5.05. The monoisotopic (exact) mass is 229 g/mol. The van der Waals surface area contributed by atoms with E-state index in [2.05, 4.69) is 30.7 Å². The molecule has 0 spiro atoms. The zero-order chi connectivity index (χ0) is 12.2. The summed E-state index contributed by atoms with van der Waals surface area (Å²) < 4.78 is 0. The van der Waals surface area contributed by atoms with Gasteiger partial charge in [0.2, 0.25) is 0 Å². The van der Waals surface area contributed by atoms with Gasteiger partial charge in [-0.15, -0.1) is 0 Å². The van der Waals surface area contributed by atoms with Gasteiger partial charge in [0.25, 0.3) is 0 Å². The maximum Gasteiger partial charge on any atom is 0.0769 e. The number of nitrogens with two attached hydrogens (primary N) is 1. The number of hydrogen-bond donors (Lipinski definition) is 2. The lowest BCUT2D eigenvalue weighted by Crippen LogP contribution is -2.58. The Hall–Kier alpha value is -0.160. The van der Waals surface area contributed by atoms with E-state index in [4.69, 9.17) is 5.73 Å². The summed E-state index contributed by atoms with van der Waals surface area (Å²) in [5.74, 6) is 0. The SMILES string of the molecule is CCC(O)(CC)CN1CCN(C)CC1CN. The summed E-state index contributed by atoms with van der Waals surface area (Å²) in [5.41, 5.74) is 5.27. The van der Waals surface area contributed by atoms with Crippen LogP contribution in [0.2, 0.25) is 0 Å². The smallest absolute Gasteiger partial charge is 0.0769 e. The molecule has 0 radical (unpaired) electrons. The quantitative estimate of drug-likeness (QED) is 0.703. The van der Waals surface area contributed by atoms with Crippen molar-refractivity contribution in [1.29, 1.82) is 0 Å². The van der Waals surface area contributed by atoms with Gasteiger partial charge in [0.05, 0.1) is 5.60 Å². The van der Waals surface area contributed by atoms with E-state index in [1.807, 2.05) is 0 Å². The molecule has 0 saturated carbocycles. The van der Waals surface area contributed by atoms with E-state index < -0.39 is 5.60 Å². The minimum atomic E-state index is -0.538. The Morgan fingerprint density at radius 1 is 1.31 bits per heavy atom. The third-order valence-corrected chi connectivity index (χ3v) is 3.89. The first kappa shape index (κ1) is 13.9. The van der Waals surface area contributed by atoms with Gasteiger partial charge in [-0.25, -0.2) is 0 Å². The van der Waals surface area contributed by atoms with Crippen molar-refractivity contribution in [2.45, 2.75) is 38.3 Å². The Morgan fingerprint density at radius 2 is 1.94 bits per heavy atom. The first-order valence-corrected chi connectivity index (χ1v) is 6.39. The number of piperazine rings is 1. The molecule has 0 aromatic carbocycles. The normalized spacial score (nSPS) is 24.9. The summed E-state index contributed by atoms with van der Waals surface area (Å²) >= 11 is 0. The van der Waals surface area contributed by atoms with Gasteiger partial charge >= 0.3 is 0 Å². The fraction of sp³-hybridized carbons (Fsp3) is 1.00. The van der Waals surface area contributed by atoms with Crippen molar-refractivity contribution in [3.63, 3.8) is 0 Å². The molecule has 4 nitrogen and oxygen atoms in total. The van der Waals surface area contributed by atoms with Crippen molar-refractivity contribution in [1.82, 2.24) is 9.80 Å². The maximum absolute atomic E-state index is 10.4. The number of aliphatic hydroxyl groups is 1. The Morgan fingerprint density at radius 3 is 2.44 bits per heavy atom. The zero-order valence-electron chi connectivity index (χ0n) is 10.9. The van der Waals surface area contributed by atoms with Gasteiger partial charge in [0.1, 0.15) is 0 Å². The van der Waals surface area contributed by atoms with Crippen molar-refractivity contribution < 1.29 is 5.11 Å². The Kier molecular flexibility index (Phi) is 5.18. The van der Waals surface area contributed by atoms with Crippen LogP contribution in [-0.4, -0.2) is 66.3 Å². The summed E-state index contributed by atoms with van der Waals surface area (Å²) in [4.78, 5) is 4.66. The van der Waals surface area contributed by atoms with E-state index in [1.54, 1.807) is 0 Å². The van der Waals surface area contributed by atoms with Crippen molar-refractivity contribution in [3.8, 4) is 0 Å². The molecule has 1 unspecified atom stereocenters. The summed E-state index contributed by atoms with van der Waals surface area (Å²) in [6.07, 6.45) is 1.63. The van der Waals surface area contributed by atoms with E-state index in [0.717, 1.165) is 39.0 Å². The average Bonchev–Trinajstić information content (AvgIpc) is 2.31. The van der Waals surface area contributed by atoms with E-state index in [1.165, 1.54) is 0 Å². The highest BCUT2D eigenvalue weighted by molar-refractivity contribution is 4.87. The maximum atomic E-state index is 10.4. The fourth-order valence-electron chi connectivity index (χ4n) is 2.33. The zero-order valence-corrected chi connectivity index (χ0v) is 10.9. The molecule has 1 atom stereocenters. The molecule has 0 aromatic heterocycles. The van der Waals surface area contributed by atoms with Gasteiger partial charge in [-0.05, 0) is 19.9 Å². The van der Waals surface area contributed by atoms with Crippen LogP contribution in [0.25, 0.3) is 0 Å². The van der Waals surface area contributed by atoms with Crippen LogP contribution < -0.4 is 5.73 Å². The Labute approximate surface area is 99.4 Å². The predicted octanol–water partition coefficient (Wildman–Crippen LogP) is 0.112. The molecule has 4 heteroatoms. The number of likely N-dealkylation sites (N-methyl/N-ethyl adjacent to an activating group) is 1. The van der Waals surface area contributed by atoms with E-state index in [9.17, 15) is 5.11 Å². The average molecular weight is 229 g/mol. The van der Waals surface area contributed by atoms with Crippen LogP contribution in [0.15, 0.2) is 0 Å². The highest BCUT2D eigenvalue weighted by Crippen LogP contribution is 2.19. The molecule has 1 heterocycles. The number of β-amino-alcohol motifs (C(OH)–C–C–N with tert-alkyl or cyclic N) is 1. The van der Waals surface area contributed by atoms with Gasteiger partial charge in [-0.2, -0.15) is 0 Å². The molecule has 0 amide bonds. The van der Waals surface area contributed by atoms with Crippen molar-refractivity contribution in [2.24, 2.45) is 5.73 Å². The van der Waals surface area contributed by atoms with Crippen LogP contribution in [0.4, 0.5) is 0 Å². The third-order valence-electron chi connectivity index (χ3n) is 3.89. The van der Waals surface area contributed by atoms with Gasteiger partial charge in [-0.1, -0.05) is 13.8 Å². The molecular weight excluding hydrogens is 202 g/mol. The second-order valence-corrected chi connectivity index (χ2v) is 5.05. The van der Waals surface area contributed by atoms with Gasteiger partial charge in [-0.3, -0.25) is 4.90 Å². The van der Waals surface area contributed by atoms with Crippen LogP contribution in [-0.2, 0) is 0 Å². The van der Waals surface area contributed by atoms with Crippen LogP contribution in [0, 0.1) is 0 Å². The van der Waals surface area contributed by atoms with Crippen molar-refractivity contribution in [3.05, 3.63) is 0 Å². The van der Waals surface area contributed by atoms with Crippen LogP contribution in [0.3, 0.4) is 0 Å². The lowest BCUT2D eigenvalue weighted by atomic mass is 9.95. The minimum Gasteiger partial charge on any atom is -0.389 e. The molecule has 1 aliphatic heterocycles. The van der Waals surface area contributed by atoms with Crippen LogP contribution >= 0.6 is 0 Å². The van der Waals surface area contributed by atoms with Crippen LogP contribution in [0.5, 0.6) is 0 Å². The summed E-state index contributed by atoms with van der Waals surface area (Å²) in [7, 11) is 2.13. The molecule has 3 N–H and O–H groups in total. The van der Waals surface area contributed by atoms with Gasteiger partial charge < -0.3 is 15.7 Å². The highest BCUT2D eigenvalue weighted by Gasteiger charge is 2.31. The largest absolute Gasteiger partial charge is 0.389 e. The molecule has 0 aliphatic carbocycles. The van der Waals surface area contributed by atoms with Crippen LogP contribution in [0.1, 0.15) is 26.7 Å². The predicted molar refractivity (Wildman–Crippen MR) is 67.4 cm³/mol. The molecule has 1 rings (SSSR count). The van der Waals surface area contributed by atoms with E-state index in [-0.39, 0.29) is 0 Å². The highest BCUT2D eigenvalue weighted by atomic mass is 16.3. The standard InChI is InChI=1S/C12H27N3O/c1-4-12(16,5-2)10-15-7-6-14(3)9-11(15)8-13/h11,16H,4-10,13H2,1-3H3. The number of rotatable bonds is 5. The molecule has 1 fully saturated rings. The molecule has 1 aliphatic rings. The summed E-state index contributed by atoms with van der Waals surface area (Å²) in [6, 6.07) is 0.392. The number of nitrogens with zero attached hydrogens (tertiary/aromatic N) is 2. The first-order valence-electron chi connectivity index (χ1n) is 6.39. The second kappa shape index (κ2) is 5.96. The van der Waals surface area contributed by atoms with Gasteiger partial charge in [0, 0.05) is 38.8 Å².